The lowest BCUT2D eigenvalue weighted by atomic mass is 9.94. The highest BCUT2D eigenvalue weighted by Crippen LogP contribution is 2.25. The number of nitrogens with two attached hydrogens (primary N) is 1. The van der Waals surface area contributed by atoms with Crippen LogP contribution in [0.2, 0.25) is 0 Å². The van der Waals surface area contributed by atoms with E-state index in [0.717, 1.165) is 36.3 Å². The van der Waals surface area contributed by atoms with E-state index in [1.165, 1.54) is 4.90 Å². The molecule has 0 bridgehead atoms. The highest BCUT2D eigenvalue weighted by atomic mass is 79.9. The monoisotopic (exact) mass is 315 g/mol. The summed E-state index contributed by atoms with van der Waals surface area (Å²) in [6.07, 6.45) is 2.23. The molecule has 4 heteroatoms. The first-order chi connectivity index (χ1) is 8.25. The van der Waals surface area contributed by atoms with E-state index in [1.54, 1.807) is 0 Å². The molecule has 1 fully saturated rings. The molecule has 0 amide bonds. The molecule has 17 heavy (non-hydrogen) atoms. The standard InChI is InChI=1S/C13H18BrNOS/c14-11-1-3-12(4-2-11)17-9-13(15)10-5-7-16-8-6-10/h1-4,10,13H,5-9,15H2. The zero-order valence-corrected chi connectivity index (χ0v) is 12.2. The molecular weight excluding hydrogens is 298 g/mol. The van der Waals surface area contributed by atoms with E-state index in [9.17, 15) is 0 Å². The molecule has 0 aromatic heterocycles. The number of halogens is 1. The van der Waals surface area contributed by atoms with Crippen molar-refractivity contribution in [2.45, 2.75) is 23.8 Å². The Bertz CT molecular complexity index is 338. The first-order valence-electron chi connectivity index (χ1n) is 5.97. The lowest BCUT2D eigenvalue weighted by molar-refractivity contribution is 0.0607. The second-order valence-corrected chi connectivity index (χ2v) is 6.39. The summed E-state index contributed by atoms with van der Waals surface area (Å²) in [5.41, 5.74) is 6.24. The third-order valence-corrected chi connectivity index (χ3v) is 4.81. The van der Waals surface area contributed by atoms with Crippen molar-refractivity contribution in [2.75, 3.05) is 19.0 Å². The molecule has 0 spiro atoms. The van der Waals surface area contributed by atoms with Gasteiger partial charge in [0.1, 0.15) is 0 Å². The predicted octanol–water partition coefficient (Wildman–Crippen LogP) is 3.30. The van der Waals surface area contributed by atoms with Crippen molar-refractivity contribution < 1.29 is 4.74 Å². The third kappa shape index (κ3) is 4.28. The van der Waals surface area contributed by atoms with Crippen LogP contribution >= 0.6 is 27.7 Å². The van der Waals surface area contributed by atoms with Crippen molar-refractivity contribution in [3.63, 3.8) is 0 Å². The molecule has 1 aromatic rings. The minimum Gasteiger partial charge on any atom is -0.381 e. The highest BCUT2D eigenvalue weighted by molar-refractivity contribution is 9.10. The molecule has 1 unspecified atom stereocenters. The zero-order chi connectivity index (χ0) is 12.1. The van der Waals surface area contributed by atoms with Crippen LogP contribution in [0.3, 0.4) is 0 Å². The first kappa shape index (κ1) is 13.4. The fourth-order valence-electron chi connectivity index (χ4n) is 2.00. The highest BCUT2D eigenvalue weighted by Gasteiger charge is 2.20. The predicted molar refractivity (Wildman–Crippen MR) is 76.4 cm³/mol. The van der Waals surface area contributed by atoms with Gasteiger partial charge in [-0.25, -0.2) is 0 Å². The van der Waals surface area contributed by atoms with Crippen molar-refractivity contribution in [2.24, 2.45) is 11.7 Å². The molecule has 94 valence electrons. The molecular formula is C13H18BrNOS. The van der Waals surface area contributed by atoms with Crippen LogP contribution in [0.25, 0.3) is 0 Å². The van der Waals surface area contributed by atoms with Crippen LogP contribution in [0.5, 0.6) is 0 Å². The minimum absolute atomic E-state index is 0.285. The molecule has 1 atom stereocenters. The molecule has 1 heterocycles. The van der Waals surface area contributed by atoms with Crippen molar-refractivity contribution in [1.29, 1.82) is 0 Å². The van der Waals surface area contributed by atoms with Gasteiger partial charge in [0, 0.05) is 34.4 Å². The summed E-state index contributed by atoms with van der Waals surface area (Å²) in [6, 6.07) is 8.69. The minimum atomic E-state index is 0.285. The topological polar surface area (TPSA) is 35.2 Å². The summed E-state index contributed by atoms with van der Waals surface area (Å²) < 4.78 is 6.48. The average Bonchev–Trinajstić information content (AvgIpc) is 2.39. The molecule has 1 aliphatic heterocycles. The summed E-state index contributed by atoms with van der Waals surface area (Å²) >= 11 is 5.28. The maximum Gasteiger partial charge on any atom is 0.0469 e. The summed E-state index contributed by atoms with van der Waals surface area (Å²) in [7, 11) is 0. The lowest BCUT2D eigenvalue weighted by Crippen LogP contribution is -2.36. The van der Waals surface area contributed by atoms with Crippen LogP contribution in [0.4, 0.5) is 0 Å². The van der Waals surface area contributed by atoms with E-state index in [0.29, 0.717) is 5.92 Å². The van der Waals surface area contributed by atoms with Gasteiger partial charge < -0.3 is 10.5 Å². The molecule has 0 saturated carbocycles. The number of thioether (sulfide) groups is 1. The van der Waals surface area contributed by atoms with Crippen LogP contribution < -0.4 is 5.73 Å². The van der Waals surface area contributed by atoms with Crippen molar-refractivity contribution >= 4 is 27.7 Å². The Morgan fingerprint density at radius 2 is 1.94 bits per heavy atom. The SMILES string of the molecule is NC(CSc1ccc(Br)cc1)C1CCOCC1. The second kappa shape index (κ2) is 6.78. The Hall–Kier alpha value is -0.0300. The van der Waals surface area contributed by atoms with E-state index in [1.807, 2.05) is 11.8 Å². The largest absolute Gasteiger partial charge is 0.381 e. The van der Waals surface area contributed by atoms with Gasteiger partial charge >= 0.3 is 0 Å². The summed E-state index contributed by atoms with van der Waals surface area (Å²) in [4.78, 5) is 1.29. The van der Waals surface area contributed by atoms with Crippen molar-refractivity contribution in [3.05, 3.63) is 28.7 Å². The quantitative estimate of drug-likeness (QED) is 0.866. The Kier molecular flexibility index (Phi) is 5.35. The molecule has 2 rings (SSSR count). The normalized spacial score (nSPS) is 19.2. The Balaban J connectivity index is 1.78. The molecule has 1 aromatic carbocycles. The maximum atomic E-state index is 6.24. The van der Waals surface area contributed by atoms with Gasteiger partial charge in [-0.05, 0) is 43.0 Å². The third-order valence-electron chi connectivity index (χ3n) is 3.13. The van der Waals surface area contributed by atoms with E-state index in [2.05, 4.69) is 40.2 Å². The van der Waals surface area contributed by atoms with Gasteiger partial charge in [-0.1, -0.05) is 15.9 Å². The molecule has 1 saturated heterocycles. The Morgan fingerprint density at radius 1 is 1.29 bits per heavy atom. The zero-order valence-electron chi connectivity index (χ0n) is 9.77. The second-order valence-electron chi connectivity index (χ2n) is 4.38. The Morgan fingerprint density at radius 3 is 2.59 bits per heavy atom. The molecule has 2 nitrogen and oxygen atoms in total. The van der Waals surface area contributed by atoms with Gasteiger partial charge in [0.15, 0.2) is 0 Å². The van der Waals surface area contributed by atoms with Gasteiger partial charge in [-0.3, -0.25) is 0 Å². The van der Waals surface area contributed by atoms with Crippen LogP contribution in [0.15, 0.2) is 33.6 Å². The van der Waals surface area contributed by atoms with E-state index >= 15 is 0 Å². The van der Waals surface area contributed by atoms with Crippen LogP contribution in [0.1, 0.15) is 12.8 Å². The summed E-state index contributed by atoms with van der Waals surface area (Å²) in [5.74, 6) is 1.62. The fourth-order valence-corrected chi connectivity index (χ4v) is 3.25. The molecule has 2 N–H and O–H groups in total. The number of ether oxygens (including phenoxy) is 1. The van der Waals surface area contributed by atoms with Gasteiger partial charge in [0.2, 0.25) is 0 Å². The maximum absolute atomic E-state index is 6.24. The van der Waals surface area contributed by atoms with Gasteiger partial charge in [0.05, 0.1) is 0 Å². The number of rotatable bonds is 4. The number of benzene rings is 1. The van der Waals surface area contributed by atoms with Crippen LogP contribution in [-0.2, 0) is 4.74 Å². The Labute approximate surface area is 115 Å². The fraction of sp³-hybridized carbons (Fsp3) is 0.538. The molecule has 0 aliphatic carbocycles. The van der Waals surface area contributed by atoms with Gasteiger partial charge in [-0.15, -0.1) is 11.8 Å². The van der Waals surface area contributed by atoms with Crippen LogP contribution in [-0.4, -0.2) is 25.0 Å². The van der Waals surface area contributed by atoms with E-state index < -0.39 is 0 Å². The smallest absolute Gasteiger partial charge is 0.0469 e. The molecule has 1 aliphatic rings. The molecule has 0 radical (unpaired) electrons. The number of hydrogen-bond acceptors (Lipinski definition) is 3. The van der Waals surface area contributed by atoms with Crippen molar-refractivity contribution in [3.8, 4) is 0 Å². The average molecular weight is 316 g/mol. The van der Waals surface area contributed by atoms with Crippen LogP contribution in [0, 0.1) is 5.92 Å². The number of hydrogen-bond donors (Lipinski definition) is 1. The van der Waals surface area contributed by atoms with Gasteiger partial charge in [-0.2, -0.15) is 0 Å². The van der Waals surface area contributed by atoms with E-state index in [-0.39, 0.29) is 6.04 Å². The summed E-state index contributed by atoms with van der Waals surface area (Å²) in [5, 5.41) is 0. The lowest BCUT2D eigenvalue weighted by Gasteiger charge is -2.27. The van der Waals surface area contributed by atoms with Gasteiger partial charge in [0.25, 0.3) is 0 Å². The van der Waals surface area contributed by atoms with Crippen molar-refractivity contribution in [1.82, 2.24) is 0 Å². The first-order valence-corrected chi connectivity index (χ1v) is 7.75. The van der Waals surface area contributed by atoms with E-state index in [4.69, 9.17) is 10.5 Å². The summed E-state index contributed by atoms with van der Waals surface area (Å²) in [6.45, 7) is 1.75.